The fourth-order valence-corrected chi connectivity index (χ4v) is 3.19. The lowest BCUT2D eigenvalue weighted by atomic mass is 10.3. The SMILES string of the molecule is O=C(CCCl)Nc1cc(SOOO)ccc1OS(=O)(=O)CCCl. The highest BCUT2D eigenvalue weighted by atomic mass is 35.5. The fraction of sp³-hybridized carbons (Fsp3) is 0.364. The highest BCUT2D eigenvalue weighted by molar-refractivity contribution is 7.94. The molecule has 0 spiro atoms. The van der Waals surface area contributed by atoms with Crippen molar-refractivity contribution in [2.45, 2.75) is 11.3 Å². The van der Waals surface area contributed by atoms with E-state index in [0.717, 1.165) is 0 Å². The van der Waals surface area contributed by atoms with Crippen LogP contribution in [-0.2, 0) is 24.3 Å². The number of hydrogen-bond acceptors (Lipinski definition) is 8. The van der Waals surface area contributed by atoms with Gasteiger partial charge in [-0.15, -0.1) is 27.5 Å². The van der Waals surface area contributed by atoms with Crippen LogP contribution in [-0.4, -0.2) is 37.1 Å². The van der Waals surface area contributed by atoms with E-state index in [1.807, 2.05) is 0 Å². The van der Waals surface area contributed by atoms with Crippen LogP contribution in [0.25, 0.3) is 0 Å². The van der Waals surface area contributed by atoms with Crippen LogP contribution in [0.1, 0.15) is 6.42 Å². The molecule has 0 heterocycles. The van der Waals surface area contributed by atoms with Crippen molar-refractivity contribution in [3.05, 3.63) is 18.2 Å². The molecule has 1 amide bonds. The Hall–Kier alpha value is -0.750. The maximum absolute atomic E-state index is 11.7. The number of amides is 1. The van der Waals surface area contributed by atoms with Gasteiger partial charge in [-0.2, -0.15) is 8.42 Å². The Morgan fingerprint density at radius 1 is 1.30 bits per heavy atom. The summed E-state index contributed by atoms with van der Waals surface area (Å²) in [4.78, 5) is 12.1. The first-order valence-corrected chi connectivity index (χ1v) is 9.43. The smallest absolute Gasteiger partial charge is 0.310 e. The van der Waals surface area contributed by atoms with E-state index >= 15 is 0 Å². The minimum Gasteiger partial charge on any atom is -0.380 e. The molecule has 1 aromatic carbocycles. The first-order chi connectivity index (χ1) is 10.9. The van der Waals surface area contributed by atoms with E-state index < -0.39 is 16.0 Å². The first-order valence-electron chi connectivity index (χ1n) is 6.04. The number of alkyl halides is 2. The summed E-state index contributed by atoms with van der Waals surface area (Å²) in [7, 11) is -3.90. The standard InChI is InChI=1S/C11H13Cl2NO7S2/c12-4-3-11(15)14-9-7-8(22-21-20-16)1-2-10(9)19-23(17,18)6-5-13/h1-2,7,16H,3-6H2,(H,14,15). The Morgan fingerprint density at radius 2 is 2.04 bits per heavy atom. The summed E-state index contributed by atoms with van der Waals surface area (Å²) in [6.45, 7) is 0. The second-order valence-corrected chi connectivity index (χ2v) is 7.13. The Labute approximate surface area is 147 Å². The van der Waals surface area contributed by atoms with Crippen molar-refractivity contribution in [3.63, 3.8) is 0 Å². The van der Waals surface area contributed by atoms with Crippen LogP contribution in [0.4, 0.5) is 5.69 Å². The van der Waals surface area contributed by atoms with E-state index in [9.17, 15) is 13.2 Å². The fourth-order valence-electron chi connectivity index (χ4n) is 1.36. The molecule has 0 saturated heterocycles. The van der Waals surface area contributed by atoms with E-state index in [4.69, 9.17) is 32.6 Å². The summed E-state index contributed by atoms with van der Waals surface area (Å²) in [5.41, 5.74) is 0.0878. The van der Waals surface area contributed by atoms with Crippen LogP contribution in [0.3, 0.4) is 0 Å². The molecular weight excluding hydrogens is 393 g/mol. The Kier molecular flexibility index (Phi) is 8.99. The van der Waals surface area contributed by atoms with Gasteiger partial charge in [0.05, 0.1) is 23.5 Å². The molecule has 1 rings (SSSR count). The topological polar surface area (TPSA) is 111 Å². The predicted molar refractivity (Wildman–Crippen MR) is 86.2 cm³/mol. The normalized spacial score (nSPS) is 11.3. The van der Waals surface area contributed by atoms with Gasteiger partial charge in [-0.05, 0) is 18.2 Å². The van der Waals surface area contributed by atoms with Gasteiger partial charge >= 0.3 is 10.1 Å². The largest absolute Gasteiger partial charge is 0.380 e. The third-order valence-corrected chi connectivity index (χ3v) is 4.57. The van der Waals surface area contributed by atoms with Gasteiger partial charge in [-0.3, -0.25) is 4.79 Å². The monoisotopic (exact) mass is 405 g/mol. The quantitative estimate of drug-likeness (QED) is 0.201. The van der Waals surface area contributed by atoms with Gasteiger partial charge in [0, 0.05) is 23.1 Å². The molecule has 0 atom stereocenters. The molecule has 0 bridgehead atoms. The lowest BCUT2D eigenvalue weighted by Crippen LogP contribution is -2.17. The van der Waals surface area contributed by atoms with Gasteiger partial charge in [0.2, 0.25) is 5.91 Å². The summed E-state index contributed by atoms with van der Waals surface area (Å²) in [6.07, 6.45) is 0.0308. The van der Waals surface area contributed by atoms with Crippen molar-refractivity contribution in [2.75, 3.05) is 22.8 Å². The van der Waals surface area contributed by atoms with E-state index in [2.05, 4.69) is 14.7 Å². The first kappa shape index (κ1) is 20.3. The van der Waals surface area contributed by atoms with Crippen LogP contribution in [0, 0.1) is 0 Å². The minimum atomic E-state index is -3.90. The second-order valence-electron chi connectivity index (χ2n) is 3.91. The number of benzene rings is 1. The lowest BCUT2D eigenvalue weighted by Gasteiger charge is -2.13. The van der Waals surface area contributed by atoms with Crippen molar-refractivity contribution in [3.8, 4) is 5.75 Å². The molecule has 0 unspecified atom stereocenters. The summed E-state index contributed by atoms with van der Waals surface area (Å²) < 4.78 is 32.6. The maximum atomic E-state index is 11.7. The Balaban J connectivity index is 3.04. The molecule has 0 radical (unpaired) electrons. The second kappa shape index (κ2) is 10.2. The van der Waals surface area contributed by atoms with Gasteiger partial charge in [-0.1, -0.05) is 5.04 Å². The lowest BCUT2D eigenvalue weighted by molar-refractivity contribution is -0.432. The van der Waals surface area contributed by atoms with E-state index in [-0.39, 0.29) is 35.4 Å². The number of anilines is 1. The Morgan fingerprint density at radius 3 is 2.65 bits per heavy atom. The van der Waals surface area contributed by atoms with E-state index in [1.165, 1.54) is 18.2 Å². The molecule has 1 aromatic rings. The number of halogens is 2. The minimum absolute atomic E-state index is 0.0308. The molecule has 0 aromatic heterocycles. The van der Waals surface area contributed by atoms with Gasteiger partial charge in [0.15, 0.2) is 5.75 Å². The van der Waals surface area contributed by atoms with Crippen molar-refractivity contribution in [1.82, 2.24) is 0 Å². The highest BCUT2D eigenvalue weighted by Gasteiger charge is 2.17. The zero-order chi connectivity index (χ0) is 17.3. The highest BCUT2D eigenvalue weighted by Crippen LogP contribution is 2.32. The summed E-state index contributed by atoms with van der Waals surface area (Å²) in [5, 5.41) is 14.1. The summed E-state index contributed by atoms with van der Waals surface area (Å²) >= 11 is 11.5. The van der Waals surface area contributed by atoms with Gasteiger partial charge in [0.1, 0.15) is 0 Å². The summed E-state index contributed by atoms with van der Waals surface area (Å²) in [5.74, 6) is -0.941. The molecule has 0 fully saturated rings. The molecule has 12 heteroatoms. The molecule has 0 aliphatic heterocycles. The molecule has 2 N–H and O–H groups in total. The molecule has 0 saturated carbocycles. The molecule has 130 valence electrons. The van der Waals surface area contributed by atoms with Crippen molar-refractivity contribution in [1.29, 1.82) is 0 Å². The third-order valence-electron chi connectivity index (χ3n) is 2.25. The van der Waals surface area contributed by atoms with Crippen molar-refractivity contribution in [2.24, 2.45) is 0 Å². The number of hydrogen-bond donors (Lipinski definition) is 2. The summed E-state index contributed by atoms with van der Waals surface area (Å²) in [6, 6.07) is 4.12. The van der Waals surface area contributed by atoms with Gasteiger partial charge in [0.25, 0.3) is 0 Å². The van der Waals surface area contributed by atoms with Crippen molar-refractivity contribution < 1.29 is 32.0 Å². The predicted octanol–water partition coefficient (Wildman–Crippen LogP) is 2.63. The molecule has 23 heavy (non-hydrogen) atoms. The van der Waals surface area contributed by atoms with E-state index in [1.54, 1.807) is 0 Å². The van der Waals surface area contributed by atoms with Crippen LogP contribution in [0.2, 0.25) is 0 Å². The molecular formula is C11H13Cl2NO7S2. The molecule has 0 aliphatic carbocycles. The maximum Gasteiger partial charge on any atom is 0.310 e. The van der Waals surface area contributed by atoms with Gasteiger partial charge in [-0.25, -0.2) is 5.26 Å². The Bertz CT molecular complexity index is 627. The van der Waals surface area contributed by atoms with Gasteiger partial charge < -0.3 is 9.50 Å². The number of carbonyl (C=O) groups is 1. The average Bonchev–Trinajstić information content (AvgIpc) is 2.47. The zero-order valence-corrected chi connectivity index (χ0v) is 14.7. The van der Waals surface area contributed by atoms with Crippen LogP contribution >= 0.6 is 35.2 Å². The third kappa shape index (κ3) is 7.57. The molecule has 8 nitrogen and oxygen atoms in total. The van der Waals surface area contributed by atoms with Crippen LogP contribution in [0.15, 0.2) is 23.1 Å². The average molecular weight is 406 g/mol. The van der Waals surface area contributed by atoms with Crippen LogP contribution < -0.4 is 9.50 Å². The number of rotatable bonds is 10. The van der Waals surface area contributed by atoms with Crippen molar-refractivity contribution >= 4 is 57.0 Å². The zero-order valence-electron chi connectivity index (χ0n) is 11.5. The van der Waals surface area contributed by atoms with E-state index in [0.29, 0.717) is 16.9 Å². The number of carbonyl (C=O) groups excluding carboxylic acids is 1. The van der Waals surface area contributed by atoms with Crippen LogP contribution in [0.5, 0.6) is 5.75 Å². The number of nitrogens with one attached hydrogen (secondary N) is 1. The molecule has 0 aliphatic rings.